The van der Waals surface area contributed by atoms with Crippen LogP contribution in [0.4, 0.5) is 0 Å². The van der Waals surface area contributed by atoms with Crippen molar-refractivity contribution in [3.05, 3.63) is 58.3 Å². The third-order valence-electron chi connectivity index (χ3n) is 2.54. The number of carbonyl (C=O) groups is 1. The van der Waals surface area contributed by atoms with Crippen molar-refractivity contribution < 1.29 is 9.53 Å². The van der Waals surface area contributed by atoms with E-state index in [-0.39, 0.29) is 12.2 Å². The van der Waals surface area contributed by atoms with Crippen molar-refractivity contribution in [2.45, 2.75) is 6.42 Å². The van der Waals surface area contributed by atoms with E-state index in [2.05, 4.69) is 20.9 Å². The van der Waals surface area contributed by atoms with Crippen molar-refractivity contribution in [1.82, 2.24) is 4.98 Å². The molecule has 1 aromatic carbocycles. The lowest BCUT2D eigenvalue weighted by atomic mass is 10.1. The molecule has 0 amide bonds. The van der Waals surface area contributed by atoms with Crippen LogP contribution in [0.15, 0.2) is 47.1 Å². The largest absolute Gasteiger partial charge is 0.497 e. The second kappa shape index (κ2) is 5.78. The van der Waals surface area contributed by atoms with E-state index in [1.54, 1.807) is 19.4 Å². The molecule has 0 radical (unpaired) electrons. The summed E-state index contributed by atoms with van der Waals surface area (Å²) in [5, 5.41) is 0. The predicted octanol–water partition coefficient (Wildman–Crippen LogP) is 3.28. The molecule has 2 rings (SSSR count). The van der Waals surface area contributed by atoms with Crippen LogP contribution >= 0.6 is 15.9 Å². The summed E-state index contributed by atoms with van der Waals surface area (Å²) >= 11 is 3.38. The summed E-state index contributed by atoms with van der Waals surface area (Å²) < 4.78 is 5.89. The summed E-state index contributed by atoms with van der Waals surface area (Å²) in [7, 11) is 1.58. The van der Waals surface area contributed by atoms with E-state index >= 15 is 0 Å². The number of methoxy groups -OCH3 is 1. The van der Waals surface area contributed by atoms with Gasteiger partial charge in [-0.25, -0.2) is 0 Å². The molecular weight excluding hydrogens is 294 g/mol. The Morgan fingerprint density at radius 1 is 1.33 bits per heavy atom. The van der Waals surface area contributed by atoms with Crippen LogP contribution in [-0.4, -0.2) is 17.9 Å². The highest BCUT2D eigenvalue weighted by molar-refractivity contribution is 9.10. The number of benzene rings is 1. The Labute approximate surface area is 114 Å². The highest BCUT2D eigenvalue weighted by atomic mass is 79.9. The molecule has 92 valence electrons. The van der Waals surface area contributed by atoms with Gasteiger partial charge in [-0.05, 0) is 30.3 Å². The van der Waals surface area contributed by atoms with Gasteiger partial charge in [-0.1, -0.05) is 22.0 Å². The Kier molecular flexibility index (Phi) is 4.10. The normalized spacial score (nSPS) is 10.1. The van der Waals surface area contributed by atoms with Gasteiger partial charge in [-0.3, -0.25) is 9.78 Å². The minimum atomic E-state index is 0.0134. The number of ether oxygens (including phenoxy) is 1. The molecule has 0 saturated carbocycles. The molecule has 0 spiro atoms. The molecule has 0 aliphatic rings. The average Bonchev–Trinajstić information content (AvgIpc) is 2.40. The molecule has 3 nitrogen and oxygen atoms in total. The second-order valence-electron chi connectivity index (χ2n) is 3.77. The molecule has 1 aromatic heterocycles. The molecule has 0 aliphatic carbocycles. The number of nitrogens with zero attached hydrogens (tertiary/aromatic N) is 1. The lowest BCUT2D eigenvalue weighted by Gasteiger charge is -2.06. The molecule has 2 aromatic rings. The van der Waals surface area contributed by atoms with E-state index in [0.717, 1.165) is 10.2 Å². The molecule has 18 heavy (non-hydrogen) atoms. The van der Waals surface area contributed by atoms with Gasteiger partial charge in [-0.2, -0.15) is 0 Å². The van der Waals surface area contributed by atoms with Crippen molar-refractivity contribution >= 4 is 21.7 Å². The zero-order valence-corrected chi connectivity index (χ0v) is 11.5. The number of ketones is 1. The van der Waals surface area contributed by atoms with Crippen LogP contribution in [0, 0.1) is 0 Å². The van der Waals surface area contributed by atoms with E-state index < -0.39 is 0 Å². The first-order chi connectivity index (χ1) is 8.70. The van der Waals surface area contributed by atoms with Crippen LogP contribution in [0.2, 0.25) is 0 Å². The van der Waals surface area contributed by atoms with Crippen LogP contribution < -0.4 is 4.74 Å². The van der Waals surface area contributed by atoms with Gasteiger partial charge in [0.1, 0.15) is 5.75 Å². The number of hydrogen-bond donors (Lipinski definition) is 0. The number of pyridine rings is 1. The SMILES string of the molecule is COc1ccc(Br)c(C(=O)Cc2ccccn2)c1. The number of halogens is 1. The molecular formula is C14H12BrNO2. The van der Waals surface area contributed by atoms with Crippen LogP contribution in [0.1, 0.15) is 16.1 Å². The lowest BCUT2D eigenvalue weighted by Crippen LogP contribution is -2.06. The van der Waals surface area contributed by atoms with Crippen LogP contribution in [0.3, 0.4) is 0 Å². The van der Waals surface area contributed by atoms with Gasteiger partial charge >= 0.3 is 0 Å². The molecule has 0 bridgehead atoms. The predicted molar refractivity (Wildman–Crippen MR) is 73.0 cm³/mol. The molecule has 0 fully saturated rings. The number of rotatable bonds is 4. The van der Waals surface area contributed by atoms with Crippen molar-refractivity contribution in [1.29, 1.82) is 0 Å². The first kappa shape index (κ1) is 12.8. The molecule has 0 unspecified atom stereocenters. The zero-order chi connectivity index (χ0) is 13.0. The minimum Gasteiger partial charge on any atom is -0.497 e. The maximum atomic E-state index is 12.2. The van der Waals surface area contributed by atoms with E-state index in [1.165, 1.54) is 0 Å². The van der Waals surface area contributed by atoms with E-state index in [1.807, 2.05) is 30.3 Å². The fourth-order valence-electron chi connectivity index (χ4n) is 1.61. The van der Waals surface area contributed by atoms with Gasteiger partial charge in [0, 0.05) is 21.9 Å². The standard InChI is InChI=1S/C14H12BrNO2/c1-18-11-5-6-13(15)12(9-11)14(17)8-10-4-2-3-7-16-10/h2-7,9H,8H2,1H3. The number of hydrogen-bond acceptors (Lipinski definition) is 3. The van der Waals surface area contributed by atoms with Gasteiger partial charge in [0.25, 0.3) is 0 Å². The minimum absolute atomic E-state index is 0.0134. The Hall–Kier alpha value is -1.68. The van der Waals surface area contributed by atoms with Crippen LogP contribution in [0.25, 0.3) is 0 Å². The van der Waals surface area contributed by atoms with E-state index in [9.17, 15) is 4.79 Å². The summed E-state index contributed by atoms with van der Waals surface area (Å²) in [4.78, 5) is 16.3. The fourth-order valence-corrected chi connectivity index (χ4v) is 2.08. The third-order valence-corrected chi connectivity index (χ3v) is 3.23. The summed E-state index contributed by atoms with van der Waals surface area (Å²) in [6.07, 6.45) is 1.97. The zero-order valence-electron chi connectivity index (χ0n) is 9.89. The van der Waals surface area contributed by atoms with Crippen molar-refractivity contribution in [2.24, 2.45) is 0 Å². The molecule has 0 aliphatic heterocycles. The van der Waals surface area contributed by atoms with Gasteiger partial charge in [0.2, 0.25) is 0 Å². The van der Waals surface area contributed by atoms with Crippen molar-refractivity contribution in [3.8, 4) is 5.75 Å². The number of carbonyl (C=O) groups excluding carboxylic acids is 1. The highest BCUT2D eigenvalue weighted by Gasteiger charge is 2.12. The molecule has 0 N–H and O–H groups in total. The molecule has 1 heterocycles. The Morgan fingerprint density at radius 2 is 2.17 bits per heavy atom. The Bertz CT molecular complexity index is 555. The number of Topliss-reactive ketones (excluding diaryl/α,β-unsaturated/α-hetero) is 1. The van der Waals surface area contributed by atoms with E-state index in [0.29, 0.717) is 11.3 Å². The summed E-state index contributed by atoms with van der Waals surface area (Å²) in [5.74, 6) is 0.682. The first-order valence-corrected chi connectivity index (χ1v) is 6.26. The summed E-state index contributed by atoms with van der Waals surface area (Å²) in [6, 6.07) is 10.9. The highest BCUT2D eigenvalue weighted by Crippen LogP contribution is 2.23. The Morgan fingerprint density at radius 3 is 2.83 bits per heavy atom. The maximum Gasteiger partial charge on any atom is 0.170 e. The van der Waals surface area contributed by atoms with Gasteiger partial charge in [-0.15, -0.1) is 0 Å². The second-order valence-corrected chi connectivity index (χ2v) is 4.62. The van der Waals surface area contributed by atoms with Gasteiger partial charge < -0.3 is 4.74 Å². The molecule has 0 saturated heterocycles. The van der Waals surface area contributed by atoms with E-state index in [4.69, 9.17) is 4.74 Å². The molecule has 4 heteroatoms. The molecule has 0 atom stereocenters. The van der Waals surface area contributed by atoms with Gasteiger partial charge in [0.05, 0.1) is 13.5 Å². The first-order valence-electron chi connectivity index (χ1n) is 5.47. The van der Waals surface area contributed by atoms with Crippen molar-refractivity contribution in [3.63, 3.8) is 0 Å². The van der Waals surface area contributed by atoms with Gasteiger partial charge in [0.15, 0.2) is 5.78 Å². The topological polar surface area (TPSA) is 39.2 Å². The third kappa shape index (κ3) is 2.96. The Balaban J connectivity index is 2.23. The van der Waals surface area contributed by atoms with Crippen LogP contribution in [0.5, 0.6) is 5.75 Å². The van der Waals surface area contributed by atoms with Crippen LogP contribution in [-0.2, 0) is 6.42 Å². The lowest BCUT2D eigenvalue weighted by molar-refractivity contribution is 0.0991. The smallest absolute Gasteiger partial charge is 0.170 e. The number of aromatic nitrogens is 1. The average molecular weight is 306 g/mol. The summed E-state index contributed by atoms with van der Waals surface area (Å²) in [5.41, 5.74) is 1.37. The fraction of sp³-hybridized carbons (Fsp3) is 0.143. The summed E-state index contributed by atoms with van der Waals surface area (Å²) in [6.45, 7) is 0. The van der Waals surface area contributed by atoms with Crippen molar-refractivity contribution in [2.75, 3.05) is 7.11 Å². The monoisotopic (exact) mass is 305 g/mol. The quantitative estimate of drug-likeness (QED) is 0.814. The maximum absolute atomic E-state index is 12.2.